The Bertz CT molecular complexity index is 516. The summed E-state index contributed by atoms with van der Waals surface area (Å²) in [6, 6.07) is 2.96. The number of aromatic nitrogens is 1. The van der Waals surface area contributed by atoms with Crippen molar-refractivity contribution in [3.8, 4) is 0 Å². The van der Waals surface area contributed by atoms with Gasteiger partial charge < -0.3 is 11.1 Å². The normalized spacial score (nSPS) is 11.2. The first-order valence-electron chi connectivity index (χ1n) is 5.44. The molecule has 1 aromatic rings. The number of carbonyl (C=O) groups is 1. The smallest absolute Gasteiger partial charge is 0.260 e. The number of rotatable bonds is 6. The zero-order chi connectivity index (χ0) is 13.6. The number of nitrogens with two attached hydrogens (primary N) is 1. The second-order valence-corrected chi connectivity index (χ2v) is 5.25. The summed E-state index contributed by atoms with van der Waals surface area (Å²) >= 11 is 0. The molecule has 0 spiro atoms. The number of nitrogens with one attached hydrogen (secondary N) is 2. The molecule has 0 radical (unpaired) electrons. The number of hydrogen-bond acceptors (Lipinski definition) is 5. The van der Waals surface area contributed by atoms with E-state index in [9.17, 15) is 13.2 Å². The van der Waals surface area contributed by atoms with Gasteiger partial charge in [-0.1, -0.05) is 6.92 Å². The molecule has 0 aliphatic rings. The van der Waals surface area contributed by atoms with Gasteiger partial charge in [-0.25, -0.2) is 18.1 Å². The molecule has 0 unspecified atom stereocenters. The molecule has 0 fully saturated rings. The van der Waals surface area contributed by atoms with E-state index in [1.54, 1.807) is 0 Å². The van der Waals surface area contributed by atoms with Crippen molar-refractivity contribution in [1.82, 2.24) is 15.0 Å². The number of hydrogen-bond donors (Lipinski definition) is 3. The van der Waals surface area contributed by atoms with Crippen LogP contribution < -0.4 is 15.8 Å². The van der Waals surface area contributed by atoms with Crippen LogP contribution in [0.2, 0.25) is 0 Å². The Balaban J connectivity index is 2.67. The second-order valence-electron chi connectivity index (χ2n) is 3.57. The van der Waals surface area contributed by atoms with Crippen LogP contribution in [0.15, 0.2) is 23.4 Å². The van der Waals surface area contributed by atoms with Crippen molar-refractivity contribution in [3.63, 3.8) is 0 Å². The van der Waals surface area contributed by atoms with E-state index in [2.05, 4.69) is 15.0 Å². The van der Waals surface area contributed by atoms with Crippen molar-refractivity contribution in [1.29, 1.82) is 0 Å². The molecule has 100 valence electrons. The highest BCUT2D eigenvalue weighted by Crippen LogP contribution is 2.12. The van der Waals surface area contributed by atoms with Gasteiger partial charge in [0.1, 0.15) is 0 Å². The van der Waals surface area contributed by atoms with Crippen molar-refractivity contribution in [2.75, 3.05) is 18.8 Å². The monoisotopic (exact) mass is 272 g/mol. The fraction of sp³-hybridized carbons (Fsp3) is 0.400. The minimum absolute atomic E-state index is 0.0407. The lowest BCUT2D eigenvalue weighted by Crippen LogP contribution is -2.37. The van der Waals surface area contributed by atoms with E-state index in [1.807, 2.05) is 6.92 Å². The standard InChI is InChI=1S/C10H16N4O3S/c1-2-5-12-9(15)7-14-18(16,17)10-8(11)4-3-6-13-10/h3-4,6,14H,2,5,7,11H2,1H3,(H,12,15). The lowest BCUT2D eigenvalue weighted by molar-refractivity contribution is -0.119. The highest BCUT2D eigenvalue weighted by atomic mass is 32.2. The quantitative estimate of drug-likeness (QED) is 0.644. The number of pyridine rings is 1. The molecule has 8 heteroatoms. The molecule has 18 heavy (non-hydrogen) atoms. The first kappa shape index (κ1) is 14.4. The molecule has 0 saturated heterocycles. The Hall–Kier alpha value is -1.67. The van der Waals surface area contributed by atoms with E-state index in [0.29, 0.717) is 6.54 Å². The van der Waals surface area contributed by atoms with Gasteiger partial charge in [0.15, 0.2) is 5.03 Å². The lowest BCUT2D eigenvalue weighted by atomic mass is 10.4. The van der Waals surface area contributed by atoms with Crippen LogP contribution in [0.4, 0.5) is 5.69 Å². The van der Waals surface area contributed by atoms with Crippen LogP contribution in [-0.4, -0.2) is 32.4 Å². The summed E-state index contributed by atoms with van der Waals surface area (Å²) in [5.74, 6) is -0.394. The number of nitrogens with zero attached hydrogens (tertiary/aromatic N) is 1. The van der Waals surface area contributed by atoms with E-state index < -0.39 is 15.9 Å². The average Bonchev–Trinajstić information content (AvgIpc) is 2.34. The Morgan fingerprint density at radius 1 is 1.50 bits per heavy atom. The van der Waals surface area contributed by atoms with Crippen molar-refractivity contribution >= 4 is 21.6 Å². The van der Waals surface area contributed by atoms with Gasteiger partial charge in [-0.2, -0.15) is 0 Å². The highest BCUT2D eigenvalue weighted by Gasteiger charge is 2.19. The third kappa shape index (κ3) is 3.97. The van der Waals surface area contributed by atoms with E-state index in [-0.39, 0.29) is 17.3 Å². The summed E-state index contributed by atoms with van der Waals surface area (Å²) in [7, 11) is -3.86. The average molecular weight is 272 g/mol. The van der Waals surface area contributed by atoms with Crippen molar-refractivity contribution < 1.29 is 13.2 Å². The van der Waals surface area contributed by atoms with Crippen LogP contribution in [0.3, 0.4) is 0 Å². The molecule has 0 bridgehead atoms. The SMILES string of the molecule is CCCNC(=O)CNS(=O)(=O)c1ncccc1N. The number of nitrogen functional groups attached to an aromatic ring is 1. The summed E-state index contributed by atoms with van der Waals surface area (Å²) in [5.41, 5.74) is 5.55. The molecule has 1 heterocycles. The van der Waals surface area contributed by atoms with Crippen molar-refractivity contribution in [2.45, 2.75) is 18.4 Å². The summed E-state index contributed by atoms with van der Waals surface area (Å²) in [4.78, 5) is 15.0. The minimum atomic E-state index is -3.86. The van der Waals surface area contributed by atoms with Crippen LogP contribution in [0.1, 0.15) is 13.3 Å². The molecular formula is C10H16N4O3S. The van der Waals surface area contributed by atoms with Crippen LogP contribution >= 0.6 is 0 Å². The summed E-state index contributed by atoms with van der Waals surface area (Å²) in [6.45, 7) is 2.07. The van der Waals surface area contributed by atoms with Crippen LogP contribution in [0, 0.1) is 0 Å². The van der Waals surface area contributed by atoms with Gasteiger partial charge >= 0.3 is 0 Å². The molecule has 0 saturated carbocycles. The van der Waals surface area contributed by atoms with E-state index in [1.165, 1.54) is 18.3 Å². The van der Waals surface area contributed by atoms with E-state index in [4.69, 9.17) is 5.73 Å². The van der Waals surface area contributed by atoms with Crippen molar-refractivity contribution in [3.05, 3.63) is 18.3 Å². The zero-order valence-corrected chi connectivity index (χ0v) is 10.8. The maximum Gasteiger partial charge on any atom is 0.260 e. The Morgan fingerprint density at radius 3 is 2.83 bits per heavy atom. The van der Waals surface area contributed by atoms with Gasteiger partial charge in [0.05, 0.1) is 12.2 Å². The molecule has 7 nitrogen and oxygen atoms in total. The highest BCUT2D eigenvalue weighted by molar-refractivity contribution is 7.89. The van der Waals surface area contributed by atoms with Gasteiger partial charge in [-0.05, 0) is 18.6 Å². The van der Waals surface area contributed by atoms with Gasteiger partial charge in [0.2, 0.25) is 5.91 Å². The maximum atomic E-state index is 11.8. The maximum absolute atomic E-state index is 11.8. The summed E-state index contributed by atoms with van der Waals surface area (Å²) in [5, 5.41) is 2.28. The van der Waals surface area contributed by atoms with Gasteiger partial charge in [-0.15, -0.1) is 0 Å². The molecule has 0 aromatic carbocycles. The first-order chi connectivity index (χ1) is 8.47. The topological polar surface area (TPSA) is 114 Å². The minimum Gasteiger partial charge on any atom is -0.396 e. The summed E-state index contributed by atoms with van der Waals surface area (Å²) < 4.78 is 25.7. The number of amides is 1. The molecule has 1 amide bonds. The van der Waals surface area contributed by atoms with Crippen LogP contribution in [-0.2, 0) is 14.8 Å². The molecule has 0 aliphatic heterocycles. The number of anilines is 1. The Labute approximate surface area is 106 Å². The third-order valence-corrected chi connectivity index (χ3v) is 3.42. The first-order valence-corrected chi connectivity index (χ1v) is 6.92. The number of carbonyl (C=O) groups excluding carboxylic acids is 1. The Kier molecular flexibility index (Phi) is 5.05. The number of sulfonamides is 1. The predicted molar refractivity (Wildman–Crippen MR) is 67.1 cm³/mol. The third-order valence-electron chi connectivity index (χ3n) is 2.05. The molecular weight excluding hydrogens is 256 g/mol. The van der Waals surface area contributed by atoms with Crippen molar-refractivity contribution in [2.24, 2.45) is 0 Å². The second kappa shape index (κ2) is 6.31. The van der Waals surface area contributed by atoms with E-state index >= 15 is 0 Å². The zero-order valence-electron chi connectivity index (χ0n) is 10.0. The van der Waals surface area contributed by atoms with Gasteiger partial charge in [0.25, 0.3) is 10.0 Å². The van der Waals surface area contributed by atoms with Gasteiger partial charge in [-0.3, -0.25) is 4.79 Å². The molecule has 0 aliphatic carbocycles. The molecule has 0 atom stereocenters. The lowest BCUT2D eigenvalue weighted by Gasteiger charge is -2.08. The molecule has 4 N–H and O–H groups in total. The van der Waals surface area contributed by atoms with Crippen LogP contribution in [0.25, 0.3) is 0 Å². The summed E-state index contributed by atoms with van der Waals surface area (Å²) in [6.07, 6.45) is 2.10. The Morgan fingerprint density at radius 2 is 2.22 bits per heavy atom. The van der Waals surface area contributed by atoms with E-state index in [0.717, 1.165) is 6.42 Å². The largest absolute Gasteiger partial charge is 0.396 e. The van der Waals surface area contributed by atoms with Crippen LogP contribution in [0.5, 0.6) is 0 Å². The predicted octanol–water partition coefficient (Wildman–Crippen LogP) is -0.532. The van der Waals surface area contributed by atoms with Gasteiger partial charge in [0, 0.05) is 12.7 Å². The molecule has 1 aromatic heterocycles. The fourth-order valence-electron chi connectivity index (χ4n) is 1.18. The fourth-order valence-corrected chi connectivity index (χ4v) is 2.22. The molecule has 1 rings (SSSR count).